The fourth-order valence-corrected chi connectivity index (χ4v) is 5.67. The van der Waals surface area contributed by atoms with E-state index in [0.717, 1.165) is 0 Å². The van der Waals surface area contributed by atoms with E-state index < -0.39 is 13.9 Å². The molecule has 4 rings (SSSR count). The topological polar surface area (TPSA) is 18.5 Å². The van der Waals surface area contributed by atoms with Crippen molar-refractivity contribution >= 4 is 8.32 Å². The Morgan fingerprint density at radius 2 is 1.38 bits per heavy atom. The zero-order valence-electron chi connectivity index (χ0n) is 14.8. The minimum atomic E-state index is -1.72. The zero-order chi connectivity index (χ0) is 16.8. The first kappa shape index (κ1) is 16.1. The van der Waals surface area contributed by atoms with Crippen LogP contribution in [0.3, 0.4) is 0 Å². The molecule has 0 bridgehead atoms. The fourth-order valence-electron chi connectivity index (χ4n) is 4.21. The van der Waals surface area contributed by atoms with E-state index in [-0.39, 0.29) is 5.60 Å². The van der Waals surface area contributed by atoms with Crippen LogP contribution in [0.5, 0.6) is 0 Å². The summed E-state index contributed by atoms with van der Waals surface area (Å²) in [7, 11) is -1.72. The summed E-state index contributed by atoms with van der Waals surface area (Å²) in [4.78, 5) is 0. The maximum atomic E-state index is 6.92. The van der Waals surface area contributed by atoms with Crippen molar-refractivity contribution in [3.05, 3.63) is 71.8 Å². The highest BCUT2D eigenvalue weighted by atomic mass is 28.4. The Kier molecular flexibility index (Phi) is 3.71. The van der Waals surface area contributed by atoms with Gasteiger partial charge in [-0.25, -0.2) is 0 Å². The molecule has 2 fully saturated rings. The molecule has 1 aliphatic heterocycles. The number of ether oxygens (including phenoxy) is 1. The van der Waals surface area contributed by atoms with Gasteiger partial charge in [0.05, 0.1) is 6.61 Å². The van der Waals surface area contributed by atoms with Crippen molar-refractivity contribution in [2.75, 3.05) is 6.61 Å². The van der Waals surface area contributed by atoms with E-state index >= 15 is 0 Å². The number of hydrogen-bond acceptors (Lipinski definition) is 2. The third kappa shape index (κ3) is 2.38. The summed E-state index contributed by atoms with van der Waals surface area (Å²) >= 11 is 0. The van der Waals surface area contributed by atoms with E-state index in [1.165, 1.54) is 24.0 Å². The maximum absolute atomic E-state index is 6.92. The molecule has 2 aliphatic rings. The summed E-state index contributed by atoms with van der Waals surface area (Å²) in [6.45, 7) is 7.56. The molecule has 1 atom stereocenters. The lowest BCUT2D eigenvalue weighted by molar-refractivity contribution is -0.293. The molecule has 2 nitrogen and oxygen atoms in total. The lowest BCUT2D eigenvalue weighted by Gasteiger charge is -2.61. The molecular formula is C21H26O2Si. The SMILES string of the molecule is C[Si](C)(C)OC1(C2CC2)COC1(c1ccccc1)c1ccccc1. The maximum Gasteiger partial charge on any atom is 0.184 e. The average molecular weight is 339 g/mol. The van der Waals surface area contributed by atoms with E-state index in [4.69, 9.17) is 9.16 Å². The van der Waals surface area contributed by atoms with Crippen molar-refractivity contribution in [3.8, 4) is 0 Å². The molecule has 0 radical (unpaired) electrons. The van der Waals surface area contributed by atoms with Gasteiger partial charge in [0, 0.05) is 0 Å². The van der Waals surface area contributed by atoms with Crippen molar-refractivity contribution in [1.29, 1.82) is 0 Å². The van der Waals surface area contributed by atoms with Crippen LogP contribution in [0.4, 0.5) is 0 Å². The third-order valence-corrected chi connectivity index (χ3v) is 6.16. The fraction of sp³-hybridized carbons (Fsp3) is 0.429. The van der Waals surface area contributed by atoms with Crippen LogP contribution in [0.15, 0.2) is 60.7 Å². The first-order valence-corrected chi connectivity index (χ1v) is 12.3. The van der Waals surface area contributed by atoms with Gasteiger partial charge >= 0.3 is 0 Å². The number of hydrogen-bond donors (Lipinski definition) is 0. The molecule has 1 unspecified atom stereocenters. The molecule has 1 aliphatic carbocycles. The summed E-state index contributed by atoms with van der Waals surface area (Å²) in [5, 5.41) is 0. The first-order valence-electron chi connectivity index (χ1n) is 8.93. The van der Waals surface area contributed by atoms with Crippen molar-refractivity contribution in [2.45, 2.75) is 43.7 Å². The monoisotopic (exact) mass is 338 g/mol. The molecule has 0 N–H and O–H groups in total. The predicted molar refractivity (Wildman–Crippen MR) is 99.5 cm³/mol. The van der Waals surface area contributed by atoms with Gasteiger partial charge in [-0.1, -0.05) is 60.7 Å². The summed E-state index contributed by atoms with van der Waals surface area (Å²) < 4.78 is 13.4. The van der Waals surface area contributed by atoms with Crippen LogP contribution >= 0.6 is 0 Å². The quantitative estimate of drug-likeness (QED) is 0.717. The third-order valence-electron chi connectivity index (χ3n) is 5.18. The van der Waals surface area contributed by atoms with Crippen molar-refractivity contribution in [2.24, 2.45) is 5.92 Å². The highest BCUT2D eigenvalue weighted by molar-refractivity contribution is 6.69. The van der Waals surface area contributed by atoms with Crippen molar-refractivity contribution in [1.82, 2.24) is 0 Å². The molecule has 126 valence electrons. The van der Waals surface area contributed by atoms with Gasteiger partial charge in [0.25, 0.3) is 0 Å². The highest BCUT2D eigenvalue weighted by Crippen LogP contribution is 2.62. The molecule has 3 heteroatoms. The molecule has 24 heavy (non-hydrogen) atoms. The lowest BCUT2D eigenvalue weighted by Crippen LogP contribution is -2.71. The number of benzene rings is 2. The molecule has 0 aromatic heterocycles. The van der Waals surface area contributed by atoms with E-state index in [9.17, 15) is 0 Å². The van der Waals surface area contributed by atoms with E-state index in [1.807, 2.05) is 0 Å². The second-order valence-electron chi connectivity index (χ2n) is 8.08. The second kappa shape index (κ2) is 5.55. The van der Waals surface area contributed by atoms with Gasteiger partial charge in [-0.3, -0.25) is 0 Å². The Morgan fingerprint density at radius 3 is 1.71 bits per heavy atom. The summed E-state index contributed by atoms with van der Waals surface area (Å²) in [6.07, 6.45) is 2.49. The van der Waals surface area contributed by atoms with Crippen LogP contribution in [0, 0.1) is 5.92 Å². The lowest BCUT2D eigenvalue weighted by atomic mass is 9.66. The Bertz CT molecular complexity index is 664. The van der Waals surface area contributed by atoms with Gasteiger partial charge in [0.2, 0.25) is 0 Å². The average Bonchev–Trinajstić information content (AvgIpc) is 3.38. The molecule has 1 saturated heterocycles. The molecule has 2 aromatic carbocycles. The largest absolute Gasteiger partial charge is 0.406 e. The van der Waals surface area contributed by atoms with Crippen LogP contribution < -0.4 is 0 Å². The van der Waals surface area contributed by atoms with Gasteiger partial charge < -0.3 is 9.16 Å². The Labute approximate surface area is 145 Å². The summed E-state index contributed by atoms with van der Waals surface area (Å²) in [5.41, 5.74) is 1.73. The van der Waals surface area contributed by atoms with Crippen LogP contribution in [0.2, 0.25) is 19.6 Å². The predicted octanol–water partition coefficient (Wildman–Crippen LogP) is 4.96. The minimum Gasteiger partial charge on any atom is -0.406 e. The molecule has 1 heterocycles. The van der Waals surface area contributed by atoms with Crippen LogP contribution in [-0.4, -0.2) is 20.5 Å². The van der Waals surface area contributed by atoms with Crippen LogP contribution in [-0.2, 0) is 14.8 Å². The molecule has 0 amide bonds. The normalized spacial score (nSPS) is 26.0. The highest BCUT2D eigenvalue weighted by Gasteiger charge is 2.70. The van der Waals surface area contributed by atoms with E-state index in [1.54, 1.807) is 0 Å². The molecule has 1 saturated carbocycles. The Balaban J connectivity index is 1.90. The molecular weight excluding hydrogens is 312 g/mol. The molecule has 2 aromatic rings. The van der Waals surface area contributed by atoms with Crippen LogP contribution in [0.1, 0.15) is 24.0 Å². The minimum absolute atomic E-state index is 0.222. The van der Waals surface area contributed by atoms with Gasteiger partial charge in [-0.05, 0) is 49.5 Å². The Morgan fingerprint density at radius 1 is 0.875 bits per heavy atom. The summed E-state index contributed by atoms with van der Waals surface area (Å²) in [6, 6.07) is 21.3. The zero-order valence-corrected chi connectivity index (χ0v) is 15.8. The van der Waals surface area contributed by atoms with Gasteiger partial charge in [0.15, 0.2) is 8.32 Å². The van der Waals surface area contributed by atoms with Gasteiger partial charge in [-0.15, -0.1) is 0 Å². The van der Waals surface area contributed by atoms with E-state index in [0.29, 0.717) is 12.5 Å². The smallest absolute Gasteiger partial charge is 0.184 e. The van der Waals surface area contributed by atoms with Gasteiger partial charge in [0.1, 0.15) is 11.2 Å². The second-order valence-corrected chi connectivity index (χ2v) is 12.5. The van der Waals surface area contributed by atoms with E-state index in [2.05, 4.69) is 80.3 Å². The Hall–Kier alpha value is -1.42. The van der Waals surface area contributed by atoms with Crippen molar-refractivity contribution < 1.29 is 9.16 Å². The summed E-state index contributed by atoms with van der Waals surface area (Å²) in [5.74, 6) is 0.596. The van der Waals surface area contributed by atoms with Crippen LogP contribution in [0.25, 0.3) is 0 Å². The standard InChI is InChI=1S/C21H26O2Si/c1-24(2,3)23-20(17-14-15-17)16-22-21(20,18-10-6-4-7-11-18)19-12-8-5-9-13-19/h4-13,17H,14-16H2,1-3H3. The first-order chi connectivity index (χ1) is 11.5. The van der Waals surface area contributed by atoms with Gasteiger partial charge in [-0.2, -0.15) is 0 Å². The molecule has 0 spiro atoms. The number of rotatable bonds is 5. The van der Waals surface area contributed by atoms with Crippen molar-refractivity contribution in [3.63, 3.8) is 0 Å².